The minimum absolute atomic E-state index is 0.0475. The summed E-state index contributed by atoms with van der Waals surface area (Å²) in [5.41, 5.74) is 0.977. The molecule has 0 aliphatic carbocycles. The number of anilines is 1. The number of nitrogens with zero attached hydrogens (tertiary/aromatic N) is 3. The van der Waals surface area contributed by atoms with Crippen LogP contribution >= 0.6 is 11.3 Å². The van der Waals surface area contributed by atoms with Crippen molar-refractivity contribution in [2.45, 2.75) is 0 Å². The molecule has 0 unspecified atom stereocenters. The number of fused-ring (bicyclic) bond motifs is 1. The van der Waals surface area contributed by atoms with Gasteiger partial charge >= 0.3 is 0 Å². The topological polar surface area (TPSA) is 58.8 Å². The summed E-state index contributed by atoms with van der Waals surface area (Å²) in [7, 11) is 1.67. The molecule has 1 saturated heterocycles. The van der Waals surface area contributed by atoms with E-state index in [0.717, 1.165) is 34.2 Å². The van der Waals surface area contributed by atoms with E-state index in [4.69, 9.17) is 14.1 Å². The van der Waals surface area contributed by atoms with Crippen molar-refractivity contribution in [3.63, 3.8) is 0 Å². The molecule has 2 aromatic heterocycles. The monoisotopic (exact) mass is 343 g/mol. The molecule has 24 heavy (non-hydrogen) atoms. The second-order valence-electron chi connectivity index (χ2n) is 5.59. The summed E-state index contributed by atoms with van der Waals surface area (Å²) in [4.78, 5) is 21.1. The highest BCUT2D eigenvalue weighted by Gasteiger charge is 2.25. The molecule has 1 amide bonds. The molecule has 0 radical (unpaired) electrons. The van der Waals surface area contributed by atoms with E-state index in [2.05, 4.69) is 4.90 Å². The maximum absolute atomic E-state index is 12.3. The van der Waals surface area contributed by atoms with Crippen LogP contribution in [0.15, 0.2) is 41.0 Å². The maximum atomic E-state index is 12.3. The summed E-state index contributed by atoms with van der Waals surface area (Å²) in [5, 5.41) is 0.989. The number of carbonyl (C=O) groups excluding carboxylic acids is 1. The standard InChI is InChI=1S/C17H17N3O3S/c1-22-12-4-5-13-15(11-12)24-17(18-13)20-8-6-19(7-9-20)16(21)14-3-2-10-23-14/h2-5,10-11H,6-9H2,1H3. The van der Waals surface area contributed by atoms with Crippen molar-refractivity contribution < 1.29 is 13.9 Å². The number of thiazole rings is 1. The molecule has 6 nitrogen and oxygen atoms in total. The first-order valence-corrected chi connectivity index (χ1v) is 8.58. The van der Waals surface area contributed by atoms with Gasteiger partial charge in [0.15, 0.2) is 10.9 Å². The molecule has 1 fully saturated rings. The Bertz CT molecular complexity index is 851. The molecule has 7 heteroatoms. The fourth-order valence-corrected chi connectivity index (χ4v) is 3.86. The minimum atomic E-state index is -0.0475. The Kier molecular flexibility index (Phi) is 3.86. The average molecular weight is 343 g/mol. The van der Waals surface area contributed by atoms with E-state index < -0.39 is 0 Å². The number of amides is 1. The Hall–Kier alpha value is -2.54. The summed E-state index contributed by atoms with van der Waals surface area (Å²) in [6, 6.07) is 9.35. The van der Waals surface area contributed by atoms with Crippen LogP contribution < -0.4 is 9.64 Å². The van der Waals surface area contributed by atoms with Crippen LogP contribution in [-0.2, 0) is 0 Å². The predicted octanol–water partition coefficient (Wildman–Crippen LogP) is 2.86. The van der Waals surface area contributed by atoms with Crippen molar-refractivity contribution in [2.24, 2.45) is 0 Å². The van der Waals surface area contributed by atoms with Gasteiger partial charge in [-0.25, -0.2) is 4.98 Å². The van der Waals surface area contributed by atoms with E-state index in [9.17, 15) is 4.79 Å². The lowest BCUT2D eigenvalue weighted by Crippen LogP contribution is -2.48. The molecule has 4 rings (SSSR count). The first-order chi connectivity index (χ1) is 11.7. The zero-order valence-corrected chi connectivity index (χ0v) is 14.1. The summed E-state index contributed by atoms with van der Waals surface area (Å²) in [5.74, 6) is 1.19. The van der Waals surface area contributed by atoms with Gasteiger partial charge in [0.2, 0.25) is 0 Å². The van der Waals surface area contributed by atoms with Crippen LogP contribution in [0.25, 0.3) is 10.2 Å². The molecule has 0 atom stereocenters. The Morgan fingerprint density at radius 3 is 2.79 bits per heavy atom. The van der Waals surface area contributed by atoms with Crippen LogP contribution in [0.3, 0.4) is 0 Å². The smallest absolute Gasteiger partial charge is 0.289 e. The van der Waals surface area contributed by atoms with Crippen molar-refractivity contribution in [1.82, 2.24) is 9.88 Å². The molecule has 1 aromatic carbocycles. The number of furan rings is 1. The molecule has 3 heterocycles. The SMILES string of the molecule is COc1ccc2nc(N3CCN(C(=O)c4ccco4)CC3)sc2c1. The molecule has 0 spiro atoms. The first kappa shape index (κ1) is 15.0. The zero-order chi connectivity index (χ0) is 16.5. The van der Waals surface area contributed by atoms with Gasteiger partial charge in [-0.3, -0.25) is 4.79 Å². The van der Waals surface area contributed by atoms with Crippen LogP contribution in [0, 0.1) is 0 Å². The third-order valence-corrected chi connectivity index (χ3v) is 5.23. The summed E-state index contributed by atoms with van der Waals surface area (Å²) < 4.78 is 11.6. The molecule has 124 valence electrons. The van der Waals surface area contributed by atoms with Gasteiger partial charge in [-0.15, -0.1) is 0 Å². The fraction of sp³-hybridized carbons (Fsp3) is 0.294. The summed E-state index contributed by atoms with van der Waals surface area (Å²) >= 11 is 1.65. The Balaban J connectivity index is 1.46. The normalized spacial score (nSPS) is 15.0. The number of benzene rings is 1. The number of carbonyl (C=O) groups is 1. The fourth-order valence-electron chi connectivity index (χ4n) is 2.81. The first-order valence-electron chi connectivity index (χ1n) is 7.77. The highest BCUT2D eigenvalue weighted by Crippen LogP contribution is 2.31. The van der Waals surface area contributed by atoms with Crippen LogP contribution in [0.2, 0.25) is 0 Å². The van der Waals surface area contributed by atoms with Crippen molar-refractivity contribution in [3.8, 4) is 5.75 Å². The Labute approximate surface area is 143 Å². The quantitative estimate of drug-likeness (QED) is 0.732. The van der Waals surface area contributed by atoms with Gasteiger partial charge in [-0.1, -0.05) is 11.3 Å². The van der Waals surface area contributed by atoms with E-state index in [0.29, 0.717) is 18.8 Å². The van der Waals surface area contributed by atoms with E-state index in [1.165, 1.54) is 6.26 Å². The molecule has 0 saturated carbocycles. The number of rotatable bonds is 3. The number of ether oxygens (including phenoxy) is 1. The molecular formula is C17H17N3O3S. The average Bonchev–Trinajstić information content (AvgIpc) is 3.30. The van der Waals surface area contributed by atoms with Crippen LogP contribution in [0.4, 0.5) is 5.13 Å². The molecule has 1 aliphatic rings. The van der Waals surface area contributed by atoms with E-state index in [1.54, 1.807) is 30.6 Å². The Morgan fingerprint density at radius 2 is 2.08 bits per heavy atom. The van der Waals surface area contributed by atoms with E-state index in [1.807, 2.05) is 23.1 Å². The number of hydrogen-bond donors (Lipinski definition) is 0. The van der Waals surface area contributed by atoms with Crippen molar-refractivity contribution in [3.05, 3.63) is 42.4 Å². The zero-order valence-electron chi connectivity index (χ0n) is 13.3. The second kappa shape index (κ2) is 6.16. The van der Waals surface area contributed by atoms with Crippen molar-refractivity contribution >= 4 is 32.6 Å². The van der Waals surface area contributed by atoms with Crippen LogP contribution in [0.1, 0.15) is 10.6 Å². The van der Waals surface area contributed by atoms with Gasteiger partial charge in [-0.2, -0.15) is 0 Å². The van der Waals surface area contributed by atoms with Gasteiger partial charge in [0.25, 0.3) is 5.91 Å². The lowest BCUT2D eigenvalue weighted by Gasteiger charge is -2.34. The largest absolute Gasteiger partial charge is 0.497 e. The van der Waals surface area contributed by atoms with Gasteiger partial charge in [0, 0.05) is 26.2 Å². The van der Waals surface area contributed by atoms with Crippen molar-refractivity contribution in [2.75, 3.05) is 38.2 Å². The van der Waals surface area contributed by atoms with Crippen LogP contribution in [0.5, 0.6) is 5.75 Å². The van der Waals surface area contributed by atoms with E-state index >= 15 is 0 Å². The number of piperazine rings is 1. The lowest BCUT2D eigenvalue weighted by molar-refractivity contribution is 0.0714. The van der Waals surface area contributed by atoms with Gasteiger partial charge in [0.05, 0.1) is 23.6 Å². The highest BCUT2D eigenvalue weighted by molar-refractivity contribution is 7.22. The number of aromatic nitrogens is 1. The molecular weight excluding hydrogens is 326 g/mol. The van der Waals surface area contributed by atoms with Gasteiger partial charge in [-0.05, 0) is 30.3 Å². The second-order valence-corrected chi connectivity index (χ2v) is 6.60. The highest BCUT2D eigenvalue weighted by atomic mass is 32.1. The number of methoxy groups -OCH3 is 1. The third kappa shape index (κ3) is 2.71. The maximum Gasteiger partial charge on any atom is 0.289 e. The Morgan fingerprint density at radius 1 is 1.25 bits per heavy atom. The third-order valence-electron chi connectivity index (χ3n) is 4.15. The molecule has 3 aromatic rings. The predicted molar refractivity (Wildman–Crippen MR) is 93.0 cm³/mol. The van der Waals surface area contributed by atoms with Crippen molar-refractivity contribution in [1.29, 1.82) is 0 Å². The summed E-state index contributed by atoms with van der Waals surface area (Å²) in [6.07, 6.45) is 1.53. The van der Waals surface area contributed by atoms with Gasteiger partial charge in [0.1, 0.15) is 5.75 Å². The summed E-state index contributed by atoms with van der Waals surface area (Å²) in [6.45, 7) is 2.87. The minimum Gasteiger partial charge on any atom is -0.497 e. The lowest BCUT2D eigenvalue weighted by atomic mass is 10.3. The van der Waals surface area contributed by atoms with Crippen LogP contribution in [-0.4, -0.2) is 49.1 Å². The number of hydrogen-bond acceptors (Lipinski definition) is 6. The van der Waals surface area contributed by atoms with E-state index in [-0.39, 0.29) is 5.91 Å². The molecule has 0 bridgehead atoms. The molecule has 0 N–H and O–H groups in total. The van der Waals surface area contributed by atoms with Gasteiger partial charge < -0.3 is 19.0 Å². The molecule has 1 aliphatic heterocycles.